The highest BCUT2D eigenvalue weighted by atomic mass is 127. The number of hydrogen-bond donors (Lipinski definition) is 2. The van der Waals surface area contributed by atoms with Crippen LogP contribution in [0.15, 0.2) is 12.1 Å². The summed E-state index contributed by atoms with van der Waals surface area (Å²) in [4.78, 5) is 27.6. The number of hydrogen-bond acceptors (Lipinski definition) is 6. The smallest absolute Gasteiger partial charge is 0.233 e. The van der Waals surface area contributed by atoms with Gasteiger partial charge >= 0.3 is 0 Å². The SMILES string of the molecule is CCC[C@H]1C[C@@H]2C(=O)N(CCC)C(=O)[C@@H]2[C@@H]2C[C@@H](c3cc(I)c(O)c(OC)c3)O[C@]12O. The fraction of sp³-hybridized carbons (Fsp3) is 0.652. The molecule has 7 nitrogen and oxygen atoms in total. The minimum absolute atomic E-state index is 0.0664. The number of ether oxygens (including phenoxy) is 2. The summed E-state index contributed by atoms with van der Waals surface area (Å²) in [6.07, 6.45) is 2.78. The van der Waals surface area contributed by atoms with E-state index in [0.717, 1.165) is 24.8 Å². The van der Waals surface area contributed by atoms with Crippen molar-refractivity contribution in [3.8, 4) is 11.5 Å². The third-order valence-electron chi connectivity index (χ3n) is 7.18. The molecule has 0 aromatic heterocycles. The number of phenols is 1. The highest BCUT2D eigenvalue weighted by molar-refractivity contribution is 14.1. The first-order chi connectivity index (χ1) is 14.8. The Bertz CT molecular complexity index is 891. The van der Waals surface area contributed by atoms with E-state index in [1.807, 2.05) is 35.6 Å². The van der Waals surface area contributed by atoms with E-state index in [9.17, 15) is 19.8 Å². The maximum absolute atomic E-state index is 13.2. The first-order valence-electron chi connectivity index (χ1n) is 11.1. The van der Waals surface area contributed by atoms with E-state index < -0.39 is 23.7 Å². The van der Waals surface area contributed by atoms with Gasteiger partial charge in [0.15, 0.2) is 17.3 Å². The summed E-state index contributed by atoms with van der Waals surface area (Å²) in [5.41, 5.74) is 0.788. The van der Waals surface area contributed by atoms with Crippen LogP contribution in [0.1, 0.15) is 57.6 Å². The quantitative estimate of drug-likeness (QED) is 0.421. The molecule has 2 heterocycles. The van der Waals surface area contributed by atoms with Crippen LogP contribution in [0.5, 0.6) is 11.5 Å². The fourth-order valence-electron chi connectivity index (χ4n) is 5.81. The minimum atomic E-state index is -1.45. The molecule has 3 aliphatic rings. The molecule has 1 aliphatic carbocycles. The number of imide groups is 1. The van der Waals surface area contributed by atoms with Gasteiger partial charge in [-0.25, -0.2) is 0 Å². The maximum atomic E-state index is 13.2. The van der Waals surface area contributed by atoms with Crippen LogP contribution in [-0.4, -0.2) is 46.4 Å². The van der Waals surface area contributed by atoms with Crippen LogP contribution in [0.3, 0.4) is 0 Å². The molecule has 2 N–H and O–H groups in total. The van der Waals surface area contributed by atoms with Gasteiger partial charge in [0.1, 0.15) is 0 Å². The van der Waals surface area contributed by atoms with E-state index in [4.69, 9.17) is 9.47 Å². The average molecular weight is 543 g/mol. The number of methoxy groups -OCH3 is 1. The van der Waals surface area contributed by atoms with E-state index in [0.29, 0.717) is 28.7 Å². The first-order valence-corrected chi connectivity index (χ1v) is 12.2. The van der Waals surface area contributed by atoms with Crippen molar-refractivity contribution in [2.45, 2.75) is 57.8 Å². The third-order valence-corrected chi connectivity index (χ3v) is 8.00. The second-order valence-corrected chi connectivity index (χ2v) is 10.1. The van der Waals surface area contributed by atoms with E-state index in [-0.39, 0.29) is 29.4 Å². The molecule has 2 amide bonds. The van der Waals surface area contributed by atoms with Crippen LogP contribution in [0.25, 0.3) is 0 Å². The molecule has 6 atom stereocenters. The van der Waals surface area contributed by atoms with Crippen molar-refractivity contribution >= 4 is 34.4 Å². The predicted molar refractivity (Wildman–Crippen MR) is 121 cm³/mol. The number of amides is 2. The van der Waals surface area contributed by atoms with Gasteiger partial charge in [0.2, 0.25) is 11.8 Å². The lowest BCUT2D eigenvalue weighted by Crippen LogP contribution is -2.53. The lowest BCUT2D eigenvalue weighted by atomic mass is 9.63. The van der Waals surface area contributed by atoms with E-state index in [2.05, 4.69) is 6.92 Å². The number of carbonyl (C=O) groups is 2. The van der Waals surface area contributed by atoms with Crippen LogP contribution in [0, 0.1) is 27.2 Å². The van der Waals surface area contributed by atoms with Gasteiger partial charge in [0.05, 0.1) is 28.6 Å². The summed E-state index contributed by atoms with van der Waals surface area (Å²) in [7, 11) is 1.49. The number of nitrogens with zero attached hydrogens (tertiary/aromatic N) is 1. The molecule has 4 rings (SSSR count). The Morgan fingerprint density at radius 3 is 2.61 bits per heavy atom. The number of benzene rings is 1. The molecule has 3 fully saturated rings. The van der Waals surface area contributed by atoms with Gasteiger partial charge in [-0.05, 0) is 66.0 Å². The summed E-state index contributed by atoms with van der Waals surface area (Å²) in [5, 5.41) is 22.0. The van der Waals surface area contributed by atoms with Crippen LogP contribution in [0.2, 0.25) is 0 Å². The summed E-state index contributed by atoms with van der Waals surface area (Å²) >= 11 is 2.04. The Labute approximate surface area is 196 Å². The second kappa shape index (κ2) is 8.51. The molecule has 8 heteroatoms. The predicted octanol–water partition coefficient (Wildman–Crippen LogP) is 3.60. The van der Waals surface area contributed by atoms with Gasteiger partial charge in [0.25, 0.3) is 0 Å². The number of likely N-dealkylation sites (tertiary alicyclic amines) is 1. The molecule has 2 saturated heterocycles. The van der Waals surface area contributed by atoms with Crippen LogP contribution < -0.4 is 4.74 Å². The Morgan fingerprint density at radius 2 is 1.97 bits per heavy atom. The van der Waals surface area contributed by atoms with E-state index >= 15 is 0 Å². The van der Waals surface area contributed by atoms with Gasteiger partial charge in [-0.2, -0.15) is 0 Å². The van der Waals surface area contributed by atoms with Crippen molar-refractivity contribution in [2.24, 2.45) is 23.7 Å². The highest BCUT2D eigenvalue weighted by Crippen LogP contribution is 2.59. The zero-order valence-electron chi connectivity index (χ0n) is 18.1. The molecule has 170 valence electrons. The summed E-state index contributed by atoms with van der Waals surface area (Å²) < 4.78 is 12.2. The molecule has 1 saturated carbocycles. The van der Waals surface area contributed by atoms with Crippen LogP contribution in [-0.2, 0) is 14.3 Å². The molecular formula is C23H30INO6. The monoisotopic (exact) mass is 543 g/mol. The largest absolute Gasteiger partial charge is 0.504 e. The number of carbonyl (C=O) groups excluding carboxylic acids is 2. The van der Waals surface area contributed by atoms with Crippen molar-refractivity contribution in [3.63, 3.8) is 0 Å². The summed E-state index contributed by atoms with van der Waals surface area (Å²) in [6.45, 7) is 4.42. The van der Waals surface area contributed by atoms with Crippen molar-refractivity contribution in [1.29, 1.82) is 0 Å². The van der Waals surface area contributed by atoms with Crippen molar-refractivity contribution in [1.82, 2.24) is 4.90 Å². The van der Waals surface area contributed by atoms with Crippen LogP contribution >= 0.6 is 22.6 Å². The molecule has 1 aromatic rings. The van der Waals surface area contributed by atoms with Gasteiger partial charge in [-0.3, -0.25) is 14.5 Å². The second-order valence-electron chi connectivity index (χ2n) is 8.94. The summed E-state index contributed by atoms with van der Waals surface area (Å²) in [5.74, 6) is -2.86. The molecule has 1 aromatic carbocycles. The molecule has 31 heavy (non-hydrogen) atoms. The number of fused-ring (bicyclic) bond motifs is 3. The van der Waals surface area contributed by atoms with Gasteiger partial charge < -0.3 is 19.7 Å². The average Bonchev–Trinajstić information content (AvgIpc) is 3.21. The van der Waals surface area contributed by atoms with E-state index in [1.165, 1.54) is 12.0 Å². The van der Waals surface area contributed by atoms with Gasteiger partial charge in [0, 0.05) is 18.4 Å². The van der Waals surface area contributed by atoms with Crippen molar-refractivity contribution < 1.29 is 29.3 Å². The van der Waals surface area contributed by atoms with E-state index in [1.54, 1.807) is 6.07 Å². The Morgan fingerprint density at radius 1 is 1.23 bits per heavy atom. The van der Waals surface area contributed by atoms with Crippen molar-refractivity contribution in [3.05, 3.63) is 21.3 Å². The molecule has 0 radical (unpaired) electrons. The van der Waals surface area contributed by atoms with Crippen molar-refractivity contribution in [2.75, 3.05) is 13.7 Å². The number of aliphatic hydroxyl groups is 1. The lowest BCUT2D eigenvalue weighted by Gasteiger charge is -2.44. The highest BCUT2D eigenvalue weighted by Gasteiger charge is 2.66. The normalized spacial score (nSPS) is 34.7. The summed E-state index contributed by atoms with van der Waals surface area (Å²) in [6, 6.07) is 3.54. The van der Waals surface area contributed by atoms with Gasteiger partial charge in [-0.15, -0.1) is 0 Å². The minimum Gasteiger partial charge on any atom is -0.504 e. The number of rotatable bonds is 6. The lowest BCUT2D eigenvalue weighted by molar-refractivity contribution is -0.270. The molecule has 0 unspecified atom stereocenters. The fourth-order valence-corrected chi connectivity index (χ4v) is 6.44. The standard InChI is InChI=1S/C23H30INO6/c1-4-6-13-10-14-19(22(28)25(7-5-2)21(14)27)15-11-17(31-23(13,15)29)12-8-16(24)20(26)18(9-12)30-3/h8-9,13-15,17,19,26,29H,4-7,10-11H2,1-3H3/t13-,14-,15-,17-,19-,23+/m0/s1. The molecule has 0 spiro atoms. The van der Waals surface area contributed by atoms with Crippen LogP contribution in [0.4, 0.5) is 0 Å². The molecule has 0 bridgehead atoms. The number of halogens is 1. The van der Waals surface area contributed by atoms with Gasteiger partial charge in [-0.1, -0.05) is 20.3 Å². The number of aromatic hydroxyl groups is 1. The Hall–Kier alpha value is -1.39. The Balaban J connectivity index is 1.72. The topological polar surface area (TPSA) is 96.3 Å². The zero-order chi connectivity index (χ0) is 22.5. The molecular weight excluding hydrogens is 513 g/mol. The zero-order valence-corrected chi connectivity index (χ0v) is 20.3. The number of phenolic OH excluding ortho intramolecular Hbond substituents is 1. The molecule has 2 aliphatic heterocycles. The first kappa shape index (κ1) is 22.8. The maximum Gasteiger partial charge on any atom is 0.233 e. The Kier molecular flexibility index (Phi) is 6.26. The third kappa shape index (κ3) is 3.54.